The van der Waals surface area contributed by atoms with Crippen LogP contribution in [0.1, 0.15) is 25.0 Å². The van der Waals surface area contributed by atoms with Crippen LogP contribution in [-0.4, -0.2) is 31.3 Å². The lowest BCUT2D eigenvalue weighted by molar-refractivity contribution is 0.121. The van der Waals surface area contributed by atoms with Crippen LogP contribution < -0.4 is 11.1 Å². The predicted octanol–water partition coefficient (Wildman–Crippen LogP) is 4.46. The minimum atomic E-state index is -2.71. The third-order valence-electron chi connectivity index (χ3n) is 6.60. The van der Waals surface area contributed by atoms with Gasteiger partial charge in [0.15, 0.2) is 22.6 Å². The van der Waals surface area contributed by atoms with Crippen LogP contribution in [0.3, 0.4) is 0 Å². The lowest BCUT2D eigenvalue weighted by Gasteiger charge is -2.34. The molecule has 2 aliphatic rings. The van der Waals surface area contributed by atoms with Crippen molar-refractivity contribution in [2.24, 2.45) is 22.6 Å². The van der Waals surface area contributed by atoms with Gasteiger partial charge < -0.3 is 11.1 Å². The van der Waals surface area contributed by atoms with Crippen molar-refractivity contribution in [3.63, 3.8) is 0 Å². The molecular weight excluding hydrogens is 470 g/mol. The average Bonchev–Trinajstić information content (AvgIpc) is 3.41. The molecule has 0 saturated heterocycles. The van der Waals surface area contributed by atoms with E-state index in [-0.39, 0.29) is 22.2 Å². The van der Waals surface area contributed by atoms with Crippen molar-refractivity contribution in [2.75, 3.05) is 5.32 Å². The van der Waals surface area contributed by atoms with E-state index in [2.05, 4.69) is 25.3 Å². The molecule has 0 bridgehead atoms. The first-order chi connectivity index (χ1) is 16.1. The number of thioether (sulfide) groups is 1. The highest BCUT2D eigenvalue weighted by Crippen LogP contribution is 2.71. The van der Waals surface area contributed by atoms with Gasteiger partial charge in [-0.15, -0.1) is 0 Å². The number of nitrogens with one attached hydrogen (secondary N) is 1. The second kappa shape index (κ2) is 7.53. The second-order valence-corrected chi connectivity index (χ2v) is 9.82. The van der Waals surface area contributed by atoms with Gasteiger partial charge in [0, 0.05) is 29.4 Å². The molecule has 1 fully saturated rings. The first-order valence-electron chi connectivity index (χ1n) is 10.2. The van der Waals surface area contributed by atoms with Crippen LogP contribution in [0.15, 0.2) is 35.7 Å². The number of nitrogens with zero attached hydrogens (tertiary/aromatic N) is 5. The minimum Gasteiger partial charge on any atom is -0.378 e. The summed E-state index contributed by atoms with van der Waals surface area (Å²) in [6, 6.07) is 5.74. The molecule has 1 saturated carbocycles. The number of nitrogens with two attached hydrogens (primary N) is 1. The summed E-state index contributed by atoms with van der Waals surface area (Å²) in [6.45, 7) is 3.14. The molecule has 3 N–H and O–H groups in total. The quantitative estimate of drug-likeness (QED) is 0.522. The number of nitriles is 1. The molecule has 3 aromatic rings. The molecule has 0 radical (unpaired) electrons. The van der Waals surface area contributed by atoms with Crippen LogP contribution in [0, 0.1) is 34.8 Å². The van der Waals surface area contributed by atoms with Gasteiger partial charge in [0.05, 0.1) is 21.4 Å². The summed E-state index contributed by atoms with van der Waals surface area (Å²) in [7, 11) is 0. The Morgan fingerprint density at radius 2 is 1.97 bits per heavy atom. The van der Waals surface area contributed by atoms with Crippen LogP contribution in [0.5, 0.6) is 0 Å². The van der Waals surface area contributed by atoms with Gasteiger partial charge in [-0.2, -0.15) is 5.26 Å². The summed E-state index contributed by atoms with van der Waals surface area (Å²) < 4.78 is 56.4. The number of aromatic nitrogens is 3. The highest BCUT2D eigenvalue weighted by atomic mass is 32.2. The summed E-state index contributed by atoms with van der Waals surface area (Å²) in [5, 5.41) is 11.9. The standard InChI is InChI=1S/C22H17F4N7S/c1-9-17-21(2,33-20(28)34-22(9,17)19(25)26)12-4-11(5-13(23)15(12)24)32-18-16-14(30-8-31-18)3-10(6-27)7-29-16/h3-5,7-9,17,19H,1-2H3,(H2,28,33)(H,30,31,32)/t9-,17-,21+,22-/m0/s1. The smallest absolute Gasteiger partial charge is 0.254 e. The number of amidine groups is 1. The Labute approximate surface area is 195 Å². The van der Waals surface area contributed by atoms with Crippen molar-refractivity contribution < 1.29 is 17.6 Å². The van der Waals surface area contributed by atoms with E-state index in [1.165, 1.54) is 31.6 Å². The van der Waals surface area contributed by atoms with E-state index in [1.807, 2.05) is 6.07 Å². The lowest BCUT2D eigenvalue weighted by Crippen LogP contribution is -2.39. The number of fused-ring (bicyclic) bond motifs is 2. The number of anilines is 2. The monoisotopic (exact) mass is 487 g/mol. The zero-order chi connectivity index (χ0) is 24.4. The van der Waals surface area contributed by atoms with Crippen molar-refractivity contribution >= 4 is 39.5 Å². The van der Waals surface area contributed by atoms with E-state index in [9.17, 15) is 13.2 Å². The molecule has 5 rings (SSSR count). The molecular formula is C22H17F4N7S. The van der Waals surface area contributed by atoms with E-state index in [0.29, 0.717) is 16.6 Å². The number of halogens is 4. The van der Waals surface area contributed by atoms with Gasteiger partial charge >= 0.3 is 0 Å². The predicted molar refractivity (Wildman–Crippen MR) is 120 cm³/mol. The fourth-order valence-electron chi connectivity index (χ4n) is 5.01. The van der Waals surface area contributed by atoms with Gasteiger partial charge in [0.1, 0.15) is 17.9 Å². The molecule has 174 valence electrons. The van der Waals surface area contributed by atoms with Crippen LogP contribution in [-0.2, 0) is 5.54 Å². The third-order valence-corrected chi connectivity index (χ3v) is 8.06. The molecule has 1 aliphatic carbocycles. The Morgan fingerprint density at radius 1 is 1.21 bits per heavy atom. The van der Waals surface area contributed by atoms with E-state index in [0.717, 1.165) is 17.8 Å². The molecule has 0 amide bonds. The molecule has 12 heteroatoms. The maximum atomic E-state index is 15.1. The Kier molecular flexibility index (Phi) is 4.95. The van der Waals surface area contributed by atoms with Gasteiger partial charge in [-0.3, -0.25) is 4.99 Å². The van der Waals surface area contributed by atoms with Gasteiger partial charge in [0.25, 0.3) is 6.43 Å². The topological polar surface area (TPSA) is 113 Å². The van der Waals surface area contributed by atoms with Crippen LogP contribution in [0.4, 0.5) is 29.1 Å². The summed E-state index contributed by atoms with van der Waals surface area (Å²) in [5.41, 5.74) is 5.30. The molecule has 1 aromatic carbocycles. The van der Waals surface area contributed by atoms with Gasteiger partial charge in [-0.1, -0.05) is 18.7 Å². The molecule has 0 spiro atoms. The normalized spacial score (nSPS) is 27.8. The summed E-state index contributed by atoms with van der Waals surface area (Å²) in [6.07, 6.45) is -0.136. The fraction of sp³-hybridized carbons (Fsp3) is 0.318. The van der Waals surface area contributed by atoms with Crippen molar-refractivity contribution in [1.29, 1.82) is 5.26 Å². The number of aliphatic imine (C=N–C) groups is 1. The van der Waals surface area contributed by atoms with Crippen molar-refractivity contribution in [3.05, 3.63) is 53.5 Å². The highest BCUT2D eigenvalue weighted by molar-refractivity contribution is 8.15. The molecule has 2 aromatic heterocycles. The molecule has 0 unspecified atom stereocenters. The zero-order valence-electron chi connectivity index (χ0n) is 17.9. The number of benzene rings is 1. The molecule has 7 nitrogen and oxygen atoms in total. The number of rotatable bonds is 4. The molecule has 1 aliphatic heterocycles. The Bertz CT molecular complexity index is 1410. The Morgan fingerprint density at radius 3 is 2.68 bits per heavy atom. The van der Waals surface area contributed by atoms with Crippen molar-refractivity contribution in [2.45, 2.75) is 30.6 Å². The van der Waals surface area contributed by atoms with Gasteiger partial charge in [-0.25, -0.2) is 32.5 Å². The van der Waals surface area contributed by atoms with E-state index in [1.54, 1.807) is 6.92 Å². The van der Waals surface area contributed by atoms with E-state index < -0.39 is 40.2 Å². The van der Waals surface area contributed by atoms with Crippen LogP contribution in [0.2, 0.25) is 0 Å². The SMILES string of the molecule is C[C@H]1[C@@H]2[C@@]1(C(F)F)SC(N)=N[C@]2(C)c1cc(Nc2ncnc3cc(C#N)cnc23)cc(F)c1F. The van der Waals surface area contributed by atoms with E-state index >= 15 is 4.39 Å². The van der Waals surface area contributed by atoms with E-state index in [4.69, 9.17) is 11.0 Å². The van der Waals surface area contributed by atoms with Gasteiger partial charge in [0.2, 0.25) is 0 Å². The Hall–Kier alpha value is -3.46. The number of pyridine rings is 1. The highest BCUT2D eigenvalue weighted by Gasteiger charge is 2.76. The molecule has 4 atom stereocenters. The number of alkyl halides is 2. The zero-order valence-corrected chi connectivity index (χ0v) is 18.7. The first-order valence-corrected chi connectivity index (χ1v) is 11.0. The largest absolute Gasteiger partial charge is 0.378 e. The molecule has 3 heterocycles. The maximum Gasteiger partial charge on any atom is 0.254 e. The summed E-state index contributed by atoms with van der Waals surface area (Å²) in [4.78, 5) is 16.7. The van der Waals surface area contributed by atoms with Crippen molar-refractivity contribution in [1.82, 2.24) is 15.0 Å². The van der Waals surface area contributed by atoms with Crippen molar-refractivity contribution in [3.8, 4) is 6.07 Å². The maximum absolute atomic E-state index is 15.1. The summed E-state index contributed by atoms with van der Waals surface area (Å²) in [5.74, 6) is -3.42. The lowest BCUT2D eigenvalue weighted by atomic mass is 9.84. The molecule has 34 heavy (non-hydrogen) atoms. The fourth-order valence-corrected chi connectivity index (χ4v) is 6.51. The first kappa shape index (κ1) is 22.3. The average molecular weight is 487 g/mol. The number of hydrogen-bond donors (Lipinski definition) is 2. The Balaban J connectivity index is 1.60. The van der Waals surface area contributed by atoms with Crippen LogP contribution in [0.25, 0.3) is 11.0 Å². The third kappa shape index (κ3) is 3.10. The number of hydrogen-bond acceptors (Lipinski definition) is 8. The summed E-state index contributed by atoms with van der Waals surface area (Å²) >= 11 is 0.795. The minimum absolute atomic E-state index is 0.0964. The van der Waals surface area contributed by atoms with Crippen LogP contribution >= 0.6 is 11.8 Å². The van der Waals surface area contributed by atoms with Gasteiger partial charge in [-0.05, 0) is 25.0 Å². The second-order valence-electron chi connectivity index (χ2n) is 8.49.